The van der Waals surface area contributed by atoms with Crippen molar-refractivity contribution < 1.29 is 28.1 Å². The predicted molar refractivity (Wildman–Crippen MR) is 73.5 cm³/mol. The van der Waals surface area contributed by atoms with Gasteiger partial charge in [0.1, 0.15) is 0 Å². The second-order valence-corrected chi connectivity index (χ2v) is 5.98. The maximum Gasteiger partial charge on any atom is 0.428 e. The van der Waals surface area contributed by atoms with Crippen molar-refractivity contribution in [2.45, 2.75) is 30.7 Å². The fourth-order valence-electron chi connectivity index (χ4n) is 3.60. The molecular weight excluding hydrogens is 335 g/mol. The lowest BCUT2D eigenvalue weighted by Crippen LogP contribution is -2.49. The van der Waals surface area contributed by atoms with Crippen LogP contribution >= 0.6 is 0 Å². The lowest BCUT2D eigenvalue weighted by Gasteiger charge is -2.35. The fraction of sp³-hybridized carbons (Fsp3) is 0.538. The second kappa shape index (κ2) is 5.38. The highest BCUT2D eigenvalue weighted by molar-refractivity contribution is 5.60. The van der Waals surface area contributed by atoms with E-state index in [0.29, 0.717) is 17.5 Å². The average Bonchev–Trinajstić information content (AvgIpc) is 2.74. The smallest absolute Gasteiger partial charge is 0.370 e. The van der Waals surface area contributed by atoms with E-state index in [0.717, 1.165) is 17.0 Å². The Hall–Kier alpha value is -2.27. The standard InChI is InChI=1S/C13H12F3N3O5/c14-13(15,16)12(20)17-4-6-1-7(5-17)9-3-11(19(23)24)10(18(21)22)2-8(6)9/h2-3,6-7,12,20H,1,4-5H2. The van der Waals surface area contributed by atoms with Crippen molar-refractivity contribution >= 4 is 11.4 Å². The predicted octanol–water partition coefficient (Wildman–Crippen LogP) is 2.27. The van der Waals surface area contributed by atoms with Gasteiger partial charge in [0.2, 0.25) is 6.23 Å². The summed E-state index contributed by atoms with van der Waals surface area (Å²) >= 11 is 0. The largest absolute Gasteiger partial charge is 0.428 e. The number of likely N-dealkylation sites (tertiary alicyclic amines) is 1. The van der Waals surface area contributed by atoms with Crippen molar-refractivity contribution in [3.8, 4) is 0 Å². The van der Waals surface area contributed by atoms with Gasteiger partial charge in [-0.25, -0.2) is 0 Å². The zero-order valence-corrected chi connectivity index (χ0v) is 12.1. The number of aliphatic hydroxyl groups is 1. The van der Waals surface area contributed by atoms with Crippen LogP contribution in [0.3, 0.4) is 0 Å². The first-order chi connectivity index (χ1) is 11.1. The van der Waals surface area contributed by atoms with E-state index in [9.17, 15) is 38.5 Å². The number of fused-ring (bicyclic) bond motifs is 5. The van der Waals surface area contributed by atoms with Gasteiger partial charge in [0.15, 0.2) is 0 Å². The molecule has 1 fully saturated rings. The van der Waals surface area contributed by atoms with Crippen molar-refractivity contribution in [1.29, 1.82) is 0 Å². The van der Waals surface area contributed by atoms with Crippen LogP contribution in [0.4, 0.5) is 24.5 Å². The zero-order chi connectivity index (χ0) is 17.8. The first-order valence-electron chi connectivity index (χ1n) is 7.05. The molecule has 0 aromatic heterocycles. The van der Waals surface area contributed by atoms with Crippen LogP contribution in [0.2, 0.25) is 0 Å². The number of nitro benzene ring substituents is 2. The van der Waals surface area contributed by atoms with E-state index in [1.807, 2.05) is 0 Å². The molecule has 0 spiro atoms. The van der Waals surface area contributed by atoms with Gasteiger partial charge >= 0.3 is 17.6 Å². The zero-order valence-electron chi connectivity index (χ0n) is 12.1. The summed E-state index contributed by atoms with van der Waals surface area (Å²) in [7, 11) is 0. The van der Waals surface area contributed by atoms with Gasteiger partial charge in [0, 0.05) is 25.2 Å². The van der Waals surface area contributed by atoms with Crippen LogP contribution < -0.4 is 0 Å². The van der Waals surface area contributed by atoms with Crippen LogP contribution in [0.25, 0.3) is 0 Å². The van der Waals surface area contributed by atoms with Crippen LogP contribution in [0, 0.1) is 20.2 Å². The molecule has 1 aromatic carbocycles. The lowest BCUT2D eigenvalue weighted by molar-refractivity contribution is -0.422. The van der Waals surface area contributed by atoms with Gasteiger partial charge < -0.3 is 5.11 Å². The van der Waals surface area contributed by atoms with Crippen molar-refractivity contribution in [2.24, 2.45) is 0 Å². The number of halogens is 3. The maximum atomic E-state index is 12.7. The maximum absolute atomic E-state index is 12.7. The summed E-state index contributed by atoms with van der Waals surface area (Å²) in [6.45, 7) is -0.224. The van der Waals surface area contributed by atoms with Crippen LogP contribution in [-0.4, -0.2) is 45.3 Å². The number of hydrogen-bond acceptors (Lipinski definition) is 6. The summed E-state index contributed by atoms with van der Waals surface area (Å²) in [5.41, 5.74) is -0.438. The van der Waals surface area contributed by atoms with E-state index >= 15 is 0 Å². The molecule has 3 atom stereocenters. The molecule has 24 heavy (non-hydrogen) atoms. The quantitative estimate of drug-likeness (QED) is 0.663. The molecule has 1 heterocycles. The first kappa shape index (κ1) is 16.6. The van der Waals surface area contributed by atoms with E-state index in [1.54, 1.807) is 0 Å². The summed E-state index contributed by atoms with van der Waals surface area (Å²) in [4.78, 5) is 21.2. The van der Waals surface area contributed by atoms with E-state index in [1.165, 1.54) is 0 Å². The number of hydrogen-bond donors (Lipinski definition) is 1. The van der Waals surface area contributed by atoms with Crippen molar-refractivity contribution in [3.05, 3.63) is 43.5 Å². The number of piperidine rings is 1. The molecule has 3 unspecified atom stereocenters. The SMILES string of the molecule is O=[N+]([O-])c1cc2c(cc1[N+](=O)[O-])C1CC2CN(C(O)C(F)(F)F)C1. The Morgan fingerprint density at radius 1 is 1.08 bits per heavy atom. The third kappa shape index (κ3) is 2.59. The Bertz CT molecular complexity index is 675. The van der Waals surface area contributed by atoms with Crippen molar-refractivity contribution in [1.82, 2.24) is 4.90 Å². The van der Waals surface area contributed by atoms with E-state index < -0.39 is 45.5 Å². The summed E-state index contributed by atoms with van der Waals surface area (Å²) < 4.78 is 38.1. The highest BCUT2D eigenvalue weighted by atomic mass is 19.4. The number of aliphatic hydroxyl groups excluding tert-OH is 1. The number of rotatable bonds is 3. The van der Waals surface area contributed by atoms with Gasteiger partial charge in [-0.2, -0.15) is 13.2 Å². The van der Waals surface area contributed by atoms with Crippen molar-refractivity contribution in [2.75, 3.05) is 13.1 Å². The average molecular weight is 347 g/mol. The number of benzene rings is 1. The third-order valence-electron chi connectivity index (χ3n) is 4.57. The molecule has 1 aliphatic carbocycles. The molecule has 1 N–H and O–H groups in total. The molecular formula is C13H12F3N3O5. The lowest BCUT2D eigenvalue weighted by atomic mass is 9.95. The van der Waals surface area contributed by atoms with Gasteiger partial charge in [0.05, 0.1) is 9.85 Å². The Morgan fingerprint density at radius 2 is 1.50 bits per heavy atom. The molecule has 0 amide bonds. The van der Waals surface area contributed by atoms with Crippen LogP contribution in [0.5, 0.6) is 0 Å². The van der Waals surface area contributed by atoms with E-state index in [2.05, 4.69) is 0 Å². The molecule has 1 saturated heterocycles. The van der Waals surface area contributed by atoms with E-state index in [-0.39, 0.29) is 13.1 Å². The second-order valence-electron chi connectivity index (χ2n) is 5.98. The first-order valence-corrected chi connectivity index (χ1v) is 7.05. The fourth-order valence-corrected chi connectivity index (χ4v) is 3.60. The molecule has 0 radical (unpaired) electrons. The third-order valence-corrected chi connectivity index (χ3v) is 4.57. The van der Waals surface area contributed by atoms with Gasteiger partial charge in [0.25, 0.3) is 0 Å². The molecule has 1 aromatic rings. The van der Waals surface area contributed by atoms with Gasteiger partial charge in [-0.3, -0.25) is 25.1 Å². The Balaban J connectivity index is 1.99. The molecule has 0 saturated carbocycles. The summed E-state index contributed by atoms with van der Waals surface area (Å²) in [6, 6.07) is 2.17. The van der Waals surface area contributed by atoms with Gasteiger partial charge in [-0.05, 0) is 29.4 Å². The van der Waals surface area contributed by atoms with Crippen molar-refractivity contribution in [3.63, 3.8) is 0 Å². The molecule has 8 nitrogen and oxygen atoms in total. The van der Waals surface area contributed by atoms with Crippen LogP contribution in [-0.2, 0) is 0 Å². The minimum absolute atomic E-state index is 0.112. The number of alkyl halides is 3. The molecule has 2 bridgehead atoms. The summed E-state index contributed by atoms with van der Waals surface area (Å²) in [5.74, 6) is -0.870. The molecule has 1 aliphatic heterocycles. The Morgan fingerprint density at radius 3 is 1.83 bits per heavy atom. The summed E-state index contributed by atoms with van der Waals surface area (Å²) in [5, 5.41) is 31.5. The highest BCUT2D eigenvalue weighted by Gasteiger charge is 2.48. The summed E-state index contributed by atoms with van der Waals surface area (Å²) in [6.07, 6.45) is -6.97. The van der Waals surface area contributed by atoms with Crippen LogP contribution in [0.1, 0.15) is 29.4 Å². The minimum atomic E-state index is -4.80. The van der Waals surface area contributed by atoms with Gasteiger partial charge in [-0.15, -0.1) is 0 Å². The number of nitro groups is 2. The Labute approximate surface area is 132 Å². The molecule has 130 valence electrons. The Kier molecular flexibility index (Phi) is 3.72. The van der Waals surface area contributed by atoms with E-state index in [4.69, 9.17) is 0 Å². The molecule has 3 rings (SSSR count). The number of nitrogens with zero attached hydrogens (tertiary/aromatic N) is 3. The minimum Gasteiger partial charge on any atom is -0.370 e. The highest BCUT2D eigenvalue weighted by Crippen LogP contribution is 2.50. The normalized spacial score (nSPS) is 24.5. The van der Waals surface area contributed by atoms with Crippen LogP contribution in [0.15, 0.2) is 12.1 Å². The molecule has 2 aliphatic rings. The monoisotopic (exact) mass is 347 g/mol. The van der Waals surface area contributed by atoms with Gasteiger partial charge in [-0.1, -0.05) is 0 Å². The molecule has 11 heteroatoms. The topological polar surface area (TPSA) is 110 Å².